The Morgan fingerprint density at radius 2 is 2.25 bits per heavy atom. The number of esters is 1. The second kappa shape index (κ2) is 5.90. The molecule has 0 heterocycles. The molecule has 0 bridgehead atoms. The second-order valence-electron chi connectivity index (χ2n) is 3.38. The van der Waals surface area contributed by atoms with Gasteiger partial charge in [-0.2, -0.15) is 0 Å². The van der Waals surface area contributed by atoms with Gasteiger partial charge in [-0.1, -0.05) is 19.4 Å². The van der Waals surface area contributed by atoms with Crippen molar-refractivity contribution < 1.29 is 19.4 Å². The zero-order chi connectivity index (χ0) is 12.0. The number of hydrogen-bond acceptors (Lipinski definition) is 4. The Labute approximate surface area is 93.9 Å². The van der Waals surface area contributed by atoms with Gasteiger partial charge in [-0.3, -0.25) is 9.59 Å². The molecule has 0 saturated heterocycles. The average Bonchev–Trinajstić information content (AvgIpc) is 2.27. The summed E-state index contributed by atoms with van der Waals surface area (Å²) < 4.78 is 4.99. The molecule has 0 unspecified atom stereocenters. The number of carbonyl (C=O) groups is 2. The average molecular weight is 222 g/mol. The van der Waals surface area contributed by atoms with Crippen LogP contribution in [0.1, 0.15) is 36.5 Å². The number of aromatic hydroxyl groups is 1. The number of aldehydes is 1. The van der Waals surface area contributed by atoms with E-state index in [0.29, 0.717) is 12.7 Å². The summed E-state index contributed by atoms with van der Waals surface area (Å²) in [5.74, 6) is -0.470. The smallest absolute Gasteiger partial charge is 0.311 e. The predicted octanol–water partition coefficient (Wildman–Crippen LogP) is 2.30. The topological polar surface area (TPSA) is 63.6 Å². The Morgan fingerprint density at radius 1 is 1.50 bits per heavy atom. The van der Waals surface area contributed by atoms with Crippen LogP contribution in [0.4, 0.5) is 0 Å². The summed E-state index contributed by atoms with van der Waals surface area (Å²) in [5.41, 5.74) is 0.00680. The molecule has 0 atom stereocenters. The molecule has 0 spiro atoms. The molecular formula is C12H14O4. The van der Waals surface area contributed by atoms with Gasteiger partial charge in [0, 0.05) is 6.42 Å². The van der Waals surface area contributed by atoms with Gasteiger partial charge >= 0.3 is 5.97 Å². The lowest BCUT2D eigenvalue weighted by molar-refractivity contribution is -0.134. The van der Waals surface area contributed by atoms with Gasteiger partial charge in [-0.15, -0.1) is 0 Å². The highest BCUT2D eigenvalue weighted by molar-refractivity contribution is 5.85. The van der Waals surface area contributed by atoms with Crippen LogP contribution in [0, 0.1) is 0 Å². The standard InChI is InChI=1S/C12H14O4/c1-2-3-7-12(15)16-11-6-4-5-10(14)9(11)8-13/h4-6,8,14H,2-3,7H2,1H3. The minimum absolute atomic E-state index is 0.00680. The summed E-state index contributed by atoms with van der Waals surface area (Å²) in [7, 11) is 0. The predicted molar refractivity (Wildman–Crippen MR) is 58.7 cm³/mol. The molecule has 0 aromatic heterocycles. The van der Waals surface area contributed by atoms with E-state index in [2.05, 4.69) is 0 Å². The molecule has 1 rings (SSSR count). The SMILES string of the molecule is CCCCC(=O)Oc1cccc(O)c1C=O. The number of benzene rings is 1. The van der Waals surface area contributed by atoms with Crippen molar-refractivity contribution in [2.45, 2.75) is 26.2 Å². The van der Waals surface area contributed by atoms with Crippen LogP contribution in [-0.4, -0.2) is 17.4 Å². The van der Waals surface area contributed by atoms with E-state index in [1.165, 1.54) is 18.2 Å². The van der Waals surface area contributed by atoms with Gasteiger partial charge in [0.25, 0.3) is 0 Å². The van der Waals surface area contributed by atoms with Gasteiger partial charge in [-0.05, 0) is 18.6 Å². The summed E-state index contributed by atoms with van der Waals surface area (Å²) in [6.45, 7) is 1.97. The first kappa shape index (κ1) is 12.2. The Bertz CT molecular complexity index is 385. The molecule has 16 heavy (non-hydrogen) atoms. The van der Waals surface area contributed by atoms with E-state index in [1.54, 1.807) is 0 Å². The van der Waals surface area contributed by atoms with E-state index in [-0.39, 0.29) is 17.1 Å². The number of hydrogen-bond donors (Lipinski definition) is 1. The van der Waals surface area contributed by atoms with Gasteiger partial charge in [0.15, 0.2) is 6.29 Å². The van der Waals surface area contributed by atoms with Gasteiger partial charge in [0.2, 0.25) is 0 Å². The van der Waals surface area contributed by atoms with Crippen molar-refractivity contribution in [1.82, 2.24) is 0 Å². The van der Waals surface area contributed by atoms with E-state index in [1.807, 2.05) is 6.92 Å². The first-order valence-electron chi connectivity index (χ1n) is 5.17. The van der Waals surface area contributed by atoms with Crippen LogP contribution < -0.4 is 4.74 Å². The quantitative estimate of drug-likeness (QED) is 0.471. The molecule has 0 radical (unpaired) electrons. The van der Waals surface area contributed by atoms with Crippen LogP contribution in [0.25, 0.3) is 0 Å². The number of ether oxygens (including phenoxy) is 1. The molecule has 1 aromatic carbocycles. The van der Waals surface area contributed by atoms with Crippen molar-refractivity contribution >= 4 is 12.3 Å². The first-order chi connectivity index (χ1) is 7.69. The van der Waals surface area contributed by atoms with E-state index in [9.17, 15) is 14.7 Å². The van der Waals surface area contributed by atoms with Crippen LogP contribution in [-0.2, 0) is 4.79 Å². The maximum Gasteiger partial charge on any atom is 0.311 e. The summed E-state index contributed by atoms with van der Waals surface area (Å²) in [5, 5.41) is 9.36. The van der Waals surface area contributed by atoms with Crippen LogP contribution >= 0.6 is 0 Å². The van der Waals surface area contributed by atoms with Crippen molar-refractivity contribution in [3.05, 3.63) is 23.8 Å². The van der Waals surface area contributed by atoms with Gasteiger partial charge in [0.1, 0.15) is 11.5 Å². The van der Waals surface area contributed by atoms with Crippen LogP contribution in [0.5, 0.6) is 11.5 Å². The fourth-order valence-corrected chi connectivity index (χ4v) is 1.23. The fraction of sp³-hybridized carbons (Fsp3) is 0.333. The first-order valence-corrected chi connectivity index (χ1v) is 5.17. The number of phenolic OH excluding ortho intramolecular Hbond substituents is 1. The zero-order valence-electron chi connectivity index (χ0n) is 9.10. The lowest BCUT2D eigenvalue weighted by atomic mass is 10.2. The van der Waals surface area contributed by atoms with Crippen molar-refractivity contribution in [3.63, 3.8) is 0 Å². The highest BCUT2D eigenvalue weighted by atomic mass is 16.5. The Morgan fingerprint density at radius 3 is 2.88 bits per heavy atom. The second-order valence-corrected chi connectivity index (χ2v) is 3.38. The summed E-state index contributed by atoms with van der Waals surface area (Å²) in [6.07, 6.45) is 2.42. The van der Waals surface area contributed by atoms with Crippen molar-refractivity contribution in [2.24, 2.45) is 0 Å². The molecule has 1 N–H and O–H groups in total. The van der Waals surface area contributed by atoms with Crippen LogP contribution in [0.15, 0.2) is 18.2 Å². The maximum absolute atomic E-state index is 11.3. The molecular weight excluding hydrogens is 208 g/mol. The number of phenols is 1. The molecule has 0 saturated carbocycles. The molecule has 0 aliphatic carbocycles. The third kappa shape index (κ3) is 3.08. The van der Waals surface area contributed by atoms with Crippen LogP contribution in [0.2, 0.25) is 0 Å². The zero-order valence-corrected chi connectivity index (χ0v) is 9.10. The van der Waals surface area contributed by atoms with E-state index in [0.717, 1.165) is 12.8 Å². The maximum atomic E-state index is 11.3. The Hall–Kier alpha value is -1.84. The van der Waals surface area contributed by atoms with Crippen LogP contribution in [0.3, 0.4) is 0 Å². The number of rotatable bonds is 5. The van der Waals surface area contributed by atoms with Gasteiger partial charge in [-0.25, -0.2) is 0 Å². The molecule has 86 valence electrons. The highest BCUT2D eigenvalue weighted by Gasteiger charge is 2.11. The molecule has 4 heteroatoms. The number of carbonyl (C=O) groups excluding carboxylic acids is 2. The van der Waals surface area contributed by atoms with Gasteiger partial charge < -0.3 is 9.84 Å². The Balaban J connectivity index is 2.77. The fourth-order valence-electron chi connectivity index (χ4n) is 1.23. The molecule has 0 fully saturated rings. The van der Waals surface area contributed by atoms with Crippen molar-refractivity contribution in [1.29, 1.82) is 0 Å². The molecule has 1 aromatic rings. The highest BCUT2D eigenvalue weighted by Crippen LogP contribution is 2.25. The van der Waals surface area contributed by atoms with Crippen molar-refractivity contribution in [3.8, 4) is 11.5 Å². The Kier molecular flexibility index (Phi) is 4.51. The lowest BCUT2D eigenvalue weighted by Crippen LogP contribution is -2.08. The van der Waals surface area contributed by atoms with E-state index < -0.39 is 5.97 Å². The normalized spacial score (nSPS) is 9.81. The molecule has 0 aliphatic heterocycles. The third-order valence-electron chi connectivity index (χ3n) is 2.12. The minimum Gasteiger partial charge on any atom is -0.507 e. The number of unbranched alkanes of at least 4 members (excludes halogenated alkanes) is 1. The van der Waals surface area contributed by atoms with Crippen molar-refractivity contribution in [2.75, 3.05) is 0 Å². The summed E-state index contributed by atoms with van der Waals surface area (Å²) in [6, 6.07) is 4.37. The monoisotopic (exact) mass is 222 g/mol. The van der Waals surface area contributed by atoms with Gasteiger partial charge in [0.05, 0.1) is 5.56 Å². The minimum atomic E-state index is -0.393. The molecule has 0 amide bonds. The van der Waals surface area contributed by atoms with E-state index in [4.69, 9.17) is 4.74 Å². The molecule has 0 aliphatic rings. The largest absolute Gasteiger partial charge is 0.507 e. The summed E-state index contributed by atoms with van der Waals surface area (Å²) in [4.78, 5) is 22.0. The summed E-state index contributed by atoms with van der Waals surface area (Å²) >= 11 is 0. The third-order valence-corrected chi connectivity index (χ3v) is 2.12. The van der Waals surface area contributed by atoms with E-state index >= 15 is 0 Å². The lowest BCUT2D eigenvalue weighted by Gasteiger charge is -2.07. The molecule has 4 nitrogen and oxygen atoms in total.